The van der Waals surface area contributed by atoms with Crippen LogP contribution in [0, 0.1) is 0 Å². The van der Waals surface area contributed by atoms with Crippen molar-refractivity contribution in [3.05, 3.63) is 72.7 Å². The van der Waals surface area contributed by atoms with Crippen molar-refractivity contribution in [3.63, 3.8) is 0 Å². The minimum Gasteiger partial charge on any atom is -0.494 e. The third kappa shape index (κ3) is 10.0. The number of furan rings is 1. The number of allylic oxidation sites excluding steroid dienone is 4. The number of sulfonamides is 1. The van der Waals surface area contributed by atoms with Crippen LogP contribution in [-0.2, 0) is 21.2 Å². The maximum Gasteiger partial charge on any atom is 0.231 e. The van der Waals surface area contributed by atoms with Crippen LogP contribution < -0.4 is 4.31 Å². The maximum atomic E-state index is 12.1. The SMILES string of the molecule is C=C(C=CC(=C)C(=C)c1c(CCCC)oc2ccc(N(C)S(C)(=O)=O)cc12)OCCCN(CCCC)CCCC. The van der Waals surface area contributed by atoms with E-state index in [-0.39, 0.29) is 0 Å². The first-order valence-corrected chi connectivity index (χ1v) is 16.5. The summed E-state index contributed by atoms with van der Waals surface area (Å²) >= 11 is 0. The zero-order valence-electron chi connectivity index (χ0n) is 25.4. The summed E-state index contributed by atoms with van der Waals surface area (Å²) in [7, 11) is -1.85. The van der Waals surface area contributed by atoms with Crippen molar-refractivity contribution in [2.75, 3.05) is 43.8 Å². The van der Waals surface area contributed by atoms with E-state index in [1.54, 1.807) is 13.1 Å². The first kappa shape index (κ1) is 33.4. The number of rotatable bonds is 20. The van der Waals surface area contributed by atoms with Gasteiger partial charge in [0.15, 0.2) is 0 Å². The van der Waals surface area contributed by atoms with Crippen LogP contribution in [0.3, 0.4) is 0 Å². The highest BCUT2D eigenvalue weighted by Crippen LogP contribution is 2.37. The largest absolute Gasteiger partial charge is 0.494 e. The number of hydrogen-bond donors (Lipinski definition) is 0. The van der Waals surface area contributed by atoms with Gasteiger partial charge in [0.05, 0.1) is 18.6 Å². The van der Waals surface area contributed by atoms with Crippen LogP contribution in [0.2, 0.25) is 0 Å². The zero-order valence-corrected chi connectivity index (χ0v) is 26.2. The Morgan fingerprint density at radius 3 is 2.17 bits per heavy atom. The Kier molecular flexibility index (Phi) is 13.8. The Bertz CT molecular complexity index is 1260. The normalized spacial score (nSPS) is 11.9. The molecule has 1 heterocycles. The second kappa shape index (κ2) is 16.5. The summed E-state index contributed by atoms with van der Waals surface area (Å²) in [4.78, 5) is 2.53. The fourth-order valence-electron chi connectivity index (χ4n) is 4.46. The lowest BCUT2D eigenvalue weighted by Gasteiger charge is -2.21. The molecule has 1 aromatic carbocycles. The fraction of sp³-hybridized carbons (Fsp3) is 0.515. The highest BCUT2D eigenvalue weighted by Gasteiger charge is 2.20. The van der Waals surface area contributed by atoms with Gasteiger partial charge < -0.3 is 14.1 Å². The van der Waals surface area contributed by atoms with E-state index in [4.69, 9.17) is 9.15 Å². The molecule has 7 heteroatoms. The van der Waals surface area contributed by atoms with Gasteiger partial charge in [0.1, 0.15) is 17.1 Å². The number of aryl methyl sites for hydroxylation is 1. The van der Waals surface area contributed by atoms with Gasteiger partial charge in [0, 0.05) is 31.0 Å². The molecule has 0 N–H and O–H groups in total. The molecule has 0 spiro atoms. The van der Waals surface area contributed by atoms with Crippen molar-refractivity contribution < 1.29 is 17.6 Å². The van der Waals surface area contributed by atoms with Crippen LogP contribution in [0.15, 0.2) is 65.8 Å². The zero-order chi connectivity index (χ0) is 29.7. The second-order valence-corrected chi connectivity index (χ2v) is 12.5. The molecular weight excluding hydrogens is 520 g/mol. The minimum atomic E-state index is -3.40. The molecule has 0 atom stereocenters. The summed E-state index contributed by atoms with van der Waals surface area (Å²) < 4.78 is 37.6. The Hall–Kier alpha value is -2.77. The number of benzene rings is 1. The summed E-state index contributed by atoms with van der Waals surface area (Å²) in [5.41, 5.74) is 3.59. The molecule has 40 heavy (non-hydrogen) atoms. The van der Waals surface area contributed by atoms with Crippen molar-refractivity contribution in [2.45, 2.75) is 72.1 Å². The topological polar surface area (TPSA) is 63.0 Å². The number of ether oxygens (including phenoxy) is 1. The monoisotopic (exact) mass is 570 g/mol. The molecule has 0 amide bonds. The van der Waals surface area contributed by atoms with Gasteiger partial charge in [-0.15, -0.1) is 0 Å². The Morgan fingerprint density at radius 2 is 1.57 bits per heavy atom. The number of hydrogen-bond acceptors (Lipinski definition) is 5. The van der Waals surface area contributed by atoms with E-state index in [1.807, 2.05) is 24.3 Å². The Morgan fingerprint density at radius 1 is 0.950 bits per heavy atom. The van der Waals surface area contributed by atoms with Gasteiger partial charge >= 0.3 is 0 Å². The van der Waals surface area contributed by atoms with Crippen molar-refractivity contribution in [1.29, 1.82) is 0 Å². The van der Waals surface area contributed by atoms with Crippen LogP contribution >= 0.6 is 0 Å². The summed E-state index contributed by atoms with van der Waals surface area (Å²) in [6.45, 7) is 23.2. The van der Waals surface area contributed by atoms with E-state index in [9.17, 15) is 8.42 Å². The van der Waals surface area contributed by atoms with E-state index >= 15 is 0 Å². The summed E-state index contributed by atoms with van der Waals surface area (Å²) in [5, 5.41) is 0.824. The third-order valence-electron chi connectivity index (χ3n) is 7.08. The number of nitrogens with zero attached hydrogens (tertiary/aromatic N) is 2. The molecule has 0 aliphatic carbocycles. The predicted molar refractivity (Wildman–Crippen MR) is 171 cm³/mol. The molecule has 0 bridgehead atoms. The summed E-state index contributed by atoms with van der Waals surface area (Å²) in [6, 6.07) is 5.42. The van der Waals surface area contributed by atoms with Gasteiger partial charge in [-0.1, -0.05) is 65.8 Å². The summed E-state index contributed by atoms with van der Waals surface area (Å²) in [6.07, 6.45) is 13.5. The minimum absolute atomic E-state index is 0.567. The van der Waals surface area contributed by atoms with E-state index < -0.39 is 10.0 Å². The van der Waals surface area contributed by atoms with Crippen LogP contribution in [0.4, 0.5) is 5.69 Å². The molecule has 2 aromatic rings. The standard InChI is InChI=1S/C33H50N2O4S/c1-9-12-16-32-33(30-25-29(19-20-31(30)39-32)34(7)40(8,36)37)28(6)26(4)17-18-27(5)38-24-15-23-35(21-13-10-2)22-14-11-3/h17-20,25H,4-6,9-16,21-24H2,1-3,7-8H3. The first-order chi connectivity index (χ1) is 19.0. The average molecular weight is 571 g/mol. The number of unbranched alkanes of at least 4 members (excludes halogenated alkanes) is 3. The van der Waals surface area contributed by atoms with Crippen LogP contribution in [0.25, 0.3) is 16.5 Å². The molecule has 1 aromatic heterocycles. The number of anilines is 1. The van der Waals surface area contributed by atoms with E-state index in [0.717, 1.165) is 73.2 Å². The Balaban J connectivity index is 2.11. The van der Waals surface area contributed by atoms with Gasteiger partial charge in [-0.05, 0) is 74.2 Å². The highest BCUT2D eigenvalue weighted by molar-refractivity contribution is 7.92. The molecule has 0 saturated carbocycles. The highest BCUT2D eigenvalue weighted by atomic mass is 32.2. The lowest BCUT2D eigenvalue weighted by molar-refractivity contribution is 0.188. The molecular formula is C33H50N2O4S. The van der Waals surface area contributed by atoms with E-state index in [2.05, 4.69) is 45.4 Å². The molecule has 0 radical (unpaired) electrons. The Labute approximate surface area is 243 Å². The van der Waals surface area contributed by atoms with E-state index in [0.29, 0.717) is 23.6 Å². The van der Waals surface area contributed by atoms with Crippen molar-refractivity contribution >= 4 is 32.3 Å². The molecule has 222 valence electrons. The van der Waals surface area contributed by atoms with Gasteiger partial charge in [-0.2, -0.15) is 0 Å². The van der Waals surface area contributed by atoms with Crippen LogP contribution in [0.1, 0.15) is 77.0 Å². The molecule has 0 aliphatic heterocycles. The molecule has 0 fully saturated rings. The van der Waals surface area contributed by atoms with E-state index in [1.165, 1.54) is 36.2 Å². The quantitative estimate of drug-likeness (QED) is 0.0914. The van der Waals surface area contributed by atoms with Gasteiger partial charge in [0.25, 0.3) is 0 Å². The van der Waals surface area contributed by atoms with Crippen molar-refractivity contribution in [3.8, 4) is 0 Å². The van der Waals surface area contributed by atoms with Gasteiger partial charge in [-0.25, -0.2) is 8.42 Å². The van der Waals surface area contributed by atoms with Crippen LogP contribution in [-0.4, -0.2) is 52.9 Å². The van der Waals surface area contributed by atoms with Crippen LogP contribution in [0.5, 0.6) is 0 Å². The predicted octanol–water partition coefficient (Wildman–Crippen LogP) is 8.12. The third-order valence-corrected chi connectivity index (χ3v) is 8.29. The molecule has 0 saturated heterocycles. The lowest BCUT2D eigenvalue weighted by atomic mass is 9.95. The fourth-order valence-corrected chi connectivity index (χ4v) is 4.96. The van der Waals surface area contributed by atoms with Crippen molar-refractivity contribution in [1.82, 2.24) is 4.90 Å². The maximum absolute atomic E-state index is 12.1. The van der Waals surface area contributed by atoms with Gasteiger partial charge in [0.2, 0.25) is 10.0 Å². The van der Waals surface area contributed by atoms with Crippen molar-refractivity contribution in [2.24, 2.45) is 0 Å². The lowest BCUT2D eigenvalue weighted by Crippen LogP contribution is -2.27. The summed E-state index contributed by atoms with van der Waals surface area (Å²) in [5.74, 6) is 1.42. The van der Waals surface area contributed by atoms with Gasteiger partial charge in [-0.3, -0.25) is 4.31 Å². The average Bonchev–Trinajstić information content (AvgIpc) is 3.29. The molecule has 6 nitrogen and oxygen atoms in total. The molecule has 0 aliphatic rings. The molecule has 0 unspecified atom stereocenters. The molecule has 2 rings (SSSR count). The first-order valence-electron chi connectivity index (χ1n) is 14.6. The second-order valence-electron chi connectivity index (χ2n) is 10.5. The number of fused-ring (bicyclic) bond motifs is 1. The smallest absolute Gasteiger partial charge is 0.231 e.